The first-order chi connectivity index (χ1) is 15.0. The normalized spacial score (nSPS) is 17.5. The lowest BCUT2D eigenvalue weighted by Crippen LogP contribution is -2.49. The Balaban J connectivity index is 1.40. The van der Waals surface area contributed by atoms with E-state index in [2.05, 4.69) is 15.1 Å². The summed E-state index contributed by atoms with van der Waals surface area (Å²) in [6.45, 7) is 6.22. The Morgan fingerprint density at radius 3 is 2.16 bits per heavy atom. The molecule has 0 atom stereocenters. The van der Waals surface area contributed by atoms with E-state index in [0.717, 1.165) is 61.0 Å². The number of piperazine rings is 1. The van der Waals surface area contributed by atoms with Crippen molar-refractivity contribution < 1.29 is 9.59 Å². The molecule has 0 unspecified atom stereocenters. The van der Waals surface area contributed by atoms with Crippen molar-refractivity contribution in [2.24, 2.45) is 0 Å². The molecule has 0 radical (unpaired) electrons. The van der Waals surface area contributed by atoms with E-state index in [1.165, 1.54) is 0 Å². The molecule has 0 aliphatic carbocycles. The summed E-state index contributed by atoms with van der Waals surface area (Å²) in [6, 6.07) is 16.0. The average molecular weight is 441 g/mol. The molecule has 2 saturated heterocycles. The summed E-state index contributed by atoms with van der Waals surface area (Å²) in [7, 11) is 0. The molecule has 0 saturated carbocycles. The van der Waals surface area contributed by atoms with Gasteiger partial charge in [-0.1, -0.05) is 23.7 Å². The standard InChI is InChI=1S/C24H29ClN4O2/c1-18(30)26-20-10-12-28(13-11-20)23-5-3-2-4-22(23)24(31)29-16-14-27(15-17-29)21-8-6-19(25)7-9-21/h2-9,20H,10-17H2,1H3,(H,26,30). The van der Waals surface area contributed by atoms with Crippen LogP contribution in [0.25, 0.3) is 0 Å². The van der Waals surface area contributed by atoms with Crippen LogP contribution in [0, 0.1) is 0 Å². The maximum Gasteiger partial charge on any atom is 0.256 e. The maximum atomic E-state index is 13.4. The van der Waals surface area contributed by atoms with Crippen molar-refractivity contribution in [1.29, 1.82) is 0 Å². The molecule has 2 heterocycles. The number of nitrogens with zero attached hydrogens (tertiary/aromatic N) is 3. The van der Waals surface area contributed by atoms with E-state index in [1.54, 1.807) is 6.92 Å². The van der Waals surface area contributed by atoms with Crippen molar-refractivity contribution in [2.75, 3.05) is 49.1 Å². The minimum absolute atomic E-state index is 0.0202. The molecule has 1 N–H and O–H groups in total. The quantitative estimate of drug-likeness (QED) is 0.791. The van der Waals surface area contributed by atoms with Gasteiger partial charge in [-0.25, -0.2) is 0 Å². The largest absolute Gasteiger partial charge is 0.371 e. The number of hydrogen-bond acceptors (Lipinski definition) is 4. The second-order valence-electron chi connectivity index (χ2n) is 8.23. The van der Waals surface area contributed by atoms with E-state index in [4.69, 9.17) is 11.6 Å². The van der Waals surface area contributed by atoms with Gasteiger partial charge >= 0.3 is 0 Å². The van der Waals surface area contributed by atoms with Gasteiger partial charge in [0, 0.05) is 68.6 Å². The molecule has 2 aliphatic heterocycles. The van der Waals surface area contributed by atoms with E-state index < -0.39 is 0 Å². The number of rotatable bonds is 4. The highest BCUT2D eigenvalue weighted by atomic mass is 35.5. The Morgan fingerprint density at radius 1 is 0.871 bits per heavy atom. The summed E-state index contributed by atoms with van der Waals surface area (Å²) in [5.41, 5.74) is 2.90. The molecule has 2 aliphatic rings. The van der Waals surface area contributed by atoms with Crippen LogP contribution in [0.15, 0.2) is 48.5 Å². The lowest BCUT2D eigenvalue weighted by Gasteiger charge is -2.38. The topological polar surface area (TPSA) is 55.9 Å². The van der Waals surface area contributed by atoms with Gasteiger partial charge in [0.05, 0.1) is 5.56 Å². The number of anilines is 2. The van der Waals surface area contributed by atoms with E-state index in [-0.39, 0.29) is 17.9 Å². The lowest BCUT2D eigenvalue weighted by atomic mass is 10.0. The highest BCUT2D eigenvalue weighted by Crippen LogP contribution is 2.26. The van der Waals surface area contributed by atoms with Crippen molar-refractivity contribution in [2.45, 2.75) is 25.8 Å². The Labute approximate surface area is 188 Å². The highest BCUT2D eigenvalue weighted by Gasteiger charge is 2.27. The highest BCUT2D eigenvalue weighted by molar-refractivity contribution is 6.30. The van der Waals surface area contributed by atoms with Crippen molar-refractivity contribution >= 4 is 34.8 Å². The van der Waals surface area contributed by atoms with E-state index >= 15 is 0 Å². The van der Waals surface area contributed by atoms with Crippen molar-refractivity contribution in [3.63, 3.8) is 0 Å². The first-order valence-electron chi connectivity index (χ1n) is 10.9. The summed E-state index contributed by atoms with van der Waals surface area (Å²) in [4.78, 5) is 31.2. The second-order valence-corrected chi connectivity index (χ2v) is 8.67. The van der Waals surface area contributed by atoms with Crippen LogP contribution < -0.4 is 15.1 Å². The number of carbonyl (C=O) groups excluding carboxylic acids is 2. The zero-order chi connectivity index (χ0) is 21.8. The molecule has 4 rings (SSSR count). The van der Waals surface area contributed by atoms with Crippen LogP contribution in [-0.4, -0.2) is 62.0 Å². The van der Waals surface area contributed by atoms with Gasteiger partial charge in [-0.05, 0) is 49.2 Å². The average Bonchev–Trinajstić information content (AvgIpc) is 2.79. The molecule has 0 aromatic heterocycles. The van der Waals surface area contributed by atoms with Gasteiger partial charge in [0.15, 0.2) is 0 Å². The van der Waals surface area contributed by atoms with E-state index in [0.29, 0.717) is 13.1 Å². The first kappa shape index (κ1) is 21.5. The molecule has 2 amide bonds. The minimum Gasteiger partial charge on any atom is -0.371 e. The number of halogens is 1. The summed E-state index contributed by atoms with van der Waals surface area (Å²) in [5.74, 6) is 0.113. The fourth-order valence-corrected chi connectivity index (χ4v) is 4.60. The predicted molar refractivity (Wildman–Crippen MR) is 125 cm³/mol. The lowest BCUT2D eigenvalue weighted by molar-refractivity contribution is -0.119. The van der Waals surface area contributed by atoms with Crippen LogP contribution in [0.1, 0.15) is 30.1 Å². The number of piperidine rings is 1. The van der Waals surface area contributed by atoms with Gasteiger partial charge < -0.3 is 20.0 Å². The van der Waals surface area contributed by atoms with Gasteiger partial charge in [0.25, 0.3) is 5.91 Å². The summed E-state index contributed by atoms with van der Waals surface area (Å²) < 4.78 is 0. The third-order valence-corrected chi connectivity index (χ3v) is 6.39. The van der Waals surface area contributed by atoms with Gasteiger partial charge in [0.1, 0.15) is 0 Å². The van der Waals surface area contributed by atoms with Crippen LogP contribution in [-0.2, 0) is 4.79 Å². The molecule has 2 aromatic rings. The molecule has 7 heteroatoms. The van der Waals surface area contributed by atoms with Crippen LogP contribution in [0.4, 0.5) is 11.4 Å². The van der Waals surface area contributed by atoms with Crippen LogP contribution >= 0.6 is 11.6 Å². The number of benzene rings is 2. The second kappa shape index (κ2) is 9.60. The monoisotopic (exact) mass is 440 g/mol. The van der Waals surface area contributed by atoms with Crippen molar-refractivity contribution in [3.05, 3.63) is 59.1 Å². The first-order valence-corrected chi connectivity index (χ1v) is 11.3. The Morgan fingerprint density at radius 2 is 1.52 bits per heavy atom. The molecular weight excluding hydrogens is 412 g/mol. The number of nitrogens with one attached hydrogen (secondary N) is 1. The number of carbonyl (C=O) groups is 2. The fraction of sp³-hybridized carbons (Fsp3) is 0.417. The molecule has 31 heavy (non-hydrogen) atoms. The van der Waals surface area contributed by atoms with Gasteiger partial charge in [-0.2, -0.15) is 0 Å². The SMILES string of the molecule is CC(=O)NC1CCN(c2ccccc2C(=O)N2CCN(c3ccc(Cl)cc3)CC2)CC1. The number of para-hydroxylation sites is 1. The minimum atomic E-state index is 0.0202. The molecule has 0 bridgehead atoms. The Hall–Kier alpha value is -2.73. The van der Waals surface area contributed by atoms with Crippen LogP contribution in [0.5, 0.6) is 0 Å². The van der Waals surface area contributed by atoms with Crippen molar-refractivity contribution in [1.82, 2.24) is 10.2 Å². The molecule has 164 valence electrons. The number of hydrogen-bond donors (Lipinski definition) is 1. The van der Waals surface area contributed by atoms with E-state index in [1.807, 2.05) is 53.4 Å². The third-order valence-electron chi connectivity index (χ3n) is 6.14. The maximum absolute atomic E-state index is 13.4. The van der Waals surface area contributed by atoms with Gasteiger partial charge in [-0.3, -0.25) is 9.59 Å². The predicted octanol–water partition coefficient (Wildman–Crippen LogP) is 3.41. The molecular formula is C24H29ClN4O2. The van der Waals surface area contributed by atoms with Gasteiger partial charge in [0.2, 0.25) is 5.91 Å². The van der Waals surface area contributed by atoms with Gasteiger partial charge in [-0.15, -0.1) is 0 Å². The van der Waals surface area contributed by atoms with E-state index in [9.17, 15) is 9.59 Å². The molecule has 0 spiro atoms. The summed E-state index contributed by atoms with van der Waals surface area (Å²) >= 11 is 6.00. The third kappa shape index (κ3) is 5.13. The molecule has 2 fully saturated rings. The zero-order valence-electron chi connectivity index (χ0n) is 17.9. The Kier molecular flexibility index (Phi) is 6.66. The fourth-order valence-electron chi connectivity index (χ4n) is 4.47. The Bertz CT molecular complexity index is 917. The molecule has 6 nitrogen and oxygen atoms in total. The number of amides is 2. The van der Waals surface area contributed by atoms with Crippen LogP contribution in [0.3, 0.4) is 0 Å². The van der Waals surface area contributed by atoms with Crippen LogP contribution in [0.2, 0.25) is 5.02 Å². The summed E-state index contributed by atoms with van der Waals surface area (Å²) in [6.07, 6.45) is 1.78. The van der Waals surface area contributed by atoms with Crippen molar-refractivity contribution in [3.8, 4) is 0 Å². The summed E-state index contributed by atoms with van der Waals surface area (Å²) in [5, 5.41) is 3.74. The zero-order valence-corrected chi connectivity index (χ0v) is 18.6. The molecule has 2 aromatic carbocycles. The smallest absolute Gasteiger partial charge is 0.256 e.